The molecule has 2 nitrogen and oxygen atoms in total. The van der Waals surface area contributed by atoms with Gasteiger partial charge in [-0.1, -0.05) is 109 Å². The molecule has 0 saturated heterocycles. The van der Waals surface area contributed by atoms with E-state index in [1.54, 1.807) is 0 Å². The second-order valence-electron chi connectivity index (χ2n) is 11.2. The van der Waals surface area contributed by atoms with Gasteiger partial charge in [-0.3, -0.25) is 0 Å². The minimum absolute atomic E-state index is 0.346. The summed E-state index contributed by atoms with van der Waals surface area (Å²) in [6, 6.07) is 31.9. The Bertz CT molecular complexity index is 1320. The van der Waals surface area contributed by atoms with E-state index in [4.69, 9.17) is 19.4 Å². The van der Waals surface area contributed by atoms with Crippen molar-refractivity contribution in [2.45, 2.75) is 98.1 Å². The minimum atomic E-state index is -0.346. The molecule has 5 rings (SSSR count). The van der Waals surface area contributed by atoms with Crippen molar-refractivity contribution in [2.24, 2.45) is 0 Å². The summed E-state index contributed by atoms with van der Waals surface area (Å²) >= 11 is 3.47. The van der Waals surface area contributed by atoms with Gasteiger partial charge < -0.3 is 10.6 Å². The van der Waals surface area contributed by atoms with Crippen LogP contribution in [0.15, 0.2) is 105 Å². The fourth-order valence-corrected chi connectivity index (χ4v) is 7.93. The molecule has 1 fully saturated rings. The SMILES string of the molecule is Cc1cccc(C)c1Sc1ccccc1CNC1CCCCC1NCc1ccccc1Sc1c(C)cccc1C.[Cl][Ru][Cl]. The second kappa shape index (κ2) is 18.0. The number of rotatable bonds is 10. The third kappa shape index (κ3) is 10.1. The summed E-state index contributed by atoms with van der Waals surface area (Å²) in [6.45, 7) is 10.7. The Morgan fingerprint density at radius 3 is 1.30 bits per heavy atom. The van der Waals surface area contributed by atoms with Gasteiger partial charge in [-0.25, -0.2) is 0 Å². The van der Waals surface area contributed by atoms with Gasteiger partial charge in [-0.2, -0.15) is 0 Å². The van der Waals surface area contributed by atoms with Crippen molar-refractivity contribution >= 4 is 42.9 Å². The van der Waals surface area contributed by atoms with Crippen LogP contribution in [0.5, 0.6) is 0 Å². The van der Waals surface area contributed by atoms with Crippen LogP contribution >= 0.6 is 42.9 Å². The van der Waals surface area contributed by atoms with Crippen LogP contribution in [-0.2, 0) is 28.2 Å². The van der Waals surface area contributed by atoms with Crippen LogP contribution in [0.1, 0.15) is 59.1 Å². The van der Waals surface area contributed by atoms with E-state index in [-0.39, 0.29) is 15.1 Å². The van der Waals surface area contributed by atoms with E-state index in [0.717, 1.165) is 13.1 Å². The normalized spacial score (nSPS) is 16.5. The fourth-order valence-electron chi connectivity index (χ4n) is 5.74. The second-order valence-corrected chi connectivity index (χ2v) is 15.9. The molecule has 0 bridgehead atoms. The zero-order valence-corrected chi connectivity index (χ0v) is 30.3. The first-order chi connectivity index (χ1) is 20.9. The molecule has 7 heteroatoms. The molecule has 0 aliphatic heterocycles. The molecule has 2 atom stereocenters. The first kappa shape index (κ1) is 34.6. The average molecular weight is 739 g/mol. The molecule has 2 unspecified atom stereocenters. The maximum atomic E-state index is 4.85. The Labute approximate surface area is 283 Å². The Balaban J connectivity index is 0.00000135. The van der Waals surface area contributed by atoms with Crippen LogP contribution in [0.2, 0.25) is 0 Å². The summed E-state index contributed by atoms with van der Waals surface area (Å²) in [7, 11) is 9.71. The van der Waals surface area contributed by atoms with E-state index in [9.17, 15) is 0 Å². The van der Waals surface area contributed by atoms with Crippen LogP contribution in [-0.4, -0.2) is 12.1 Å². The maximum absolute atomic E-state index is 4.85. The van der Waals surface area contributed by atoms with E-state index in [1.807, 2.05) is 23.5 Å². The van der Waals surface area contributed by atoms with E-state index in [0.29, 0.717) is 12.1 Å². The molecule has 2 N–H and O–H groups in total. The van der Waals surface area contributed by atoms with Crippen molar-refractivity contribution in [3.8, 4) is 0 Å². The summed E-state index contributed by atoms with van der Waals surface area (Å²) in [5.41, 5.74) is 8.16. The Kier molecular flexibility index (Phi) is 14.5. The summed E-state index contributed by atoms with van der Waals surface area (Å²) in [5.74, 6) is 0. The number of hydrogen-bond donors (Lipinski definition) is 2. The fraction of sp³-hybridized carbons (Fsp3) is 0.333. The van der Waals surface area contributed by atoms with Gasteiger partial charge in [0.2, 0.25) is 0 Å². The average Bonchev–Trinajstić information content (AvgIpc) is 3.01. The number of nitrogens with one attached hydrogen (secondary N) is 2. The number of halogens is 2. The van der Waals surface area contributed by atoms with Gasteiger partial charge in [-0.15, -0.1) is 0 Å². The summed E-state index contributed by atoms with van der Waals surface area (Å²) in [4.78, 5) is 5.46. The molecule has 0 aromatic heterocycles. The van der Waals surface area contributed by atoms with Crippen molar-refractivity contribution in [1.29, 1.82) is 0 Å². The van der Waals surface area contributed by atoms with Crippen molar-refractivity contribution in [1.82, 2.24) is 10.6 Å². The first-order valence-corrected chi connectivity index (χ1v) is 21.0. The molecule has 43 heavy (non-hydrogen) atoms. The molecule has 0 heterocycles. The Hall–Kier alpha value is -1.30. The first-order valence-electron chi connectivity index (χ1n) is 14.9. The van der Waals surface area contributed by atoms with Gasteiger partial charge >= 0.3 is 34.5 Å². The molecular weight excluding hydrogens is 697 g/mol. The zero-order valence-electron chi connectivity index (χ0n) is 25.4. The number of hydrogen-bond acceptors (Lipinski definition) is 4. The van der Waals surface area contributed by atoms with Crippen LogP contribution in [0, 0.1) is 27.7 Å². The third-order valence-corrected chi connectivity index (χ3v) is 11.0. The van der Waals surface area contributed by atoms with Crippen LogP contribution in [0.25, 0.3) is 0 Å². The molecule has 0 spiro atoms. The van der Waals surface area contributed by atoms with Gasteiger partial charge in [0.05, 0.1) is 0 Å². The molecule has 4 aromatic carbocycles. The molecule has 4 aromatic rings. The van der Waals surface area contributed by atoms with Crippen LogP contribution in [0.4, 0.5) is 0 Å². The summed E-state index contributed by atoms with van der Waals surface area (Å²) in [6.07, 6.45) is 5.05. The zero-order chi connectivity index (χ0) is 30.6. The number of benzene rings is 4. The predicted molar refractivity (Wildman–Crippen MR) is 184 cm³/mol. The van der Waals surface area contributed by atoms with Gasteiger partial charge in [0, 0.05) is 44.8 Å². The Morgan fingerprint density at radius 2 is 0.930 bits per heavy atom. The van der Waals surface area contributed by atoms with Crippen molar-refractivity contribution in [3.05, 3.63) is 118 Å². The molecular formula is C36H42Cl2N2RuS2. The molecule has 1 aliphatic carbocycles. The van der Waals surface area contributed by atoms with Crippen molar-refractivity contribution in [3.63, 3.8) is 0 Å². The molecule has 1 saturated carbocycles. The predicted octanol–water partition coefficient (Wildman–Crippen LogP) is 10.8. The van der Waals surface area contributed by atoms with Crippen LogP contribution < -0.4 is 10.6 Å². The summed E-state index contributed by atoms with van der Waals surface area (Å²) in [5, 5.41) is 7.94. The van der Waals surface area contributed by atoms with Gasteiger partial charge in [0.25, 0.3) is 0 Å². The van der Waals surface area contributed by atoms with Gasteiger partial charge in [-0.05, 0) is 86.1 Å². The molecule has 230 valence electrons. The monoisotopic (exact) mass is 738 g/mol. The van der Waals surface area contributed by atoms with Gasteiger partial charge in [0.15, 0.2) is 0 Å². The van der Waals surface area contributed by atoms with Crippen LogP contribution in [0.3, 0.4) is 0 Å². The topological polar surface area (TPSA) is 24.1 Å². The van der Waals surface area contributed by atoms with E-state index >= 15 is 0 Å². The number of aryl methyl sites for hydroxylation is 4. The quantitative estimate of drug-likeness (QED) is 0.158. The summed E-state index contributed by atoms with van der Waals surface area (Å²) < 4.78 is 0. The Morgan fingerprint density at radius 1 is 0.581 bits per heavy atom. The molecule has 1 aliphatic rings. The van der Waals surface area contributed by atoms with E-state index < -0.39 is 0 Å². The van der Waals surface area contributed by atoms with E-state index in [2.05, 4.69) is 123 Å². The van der Waals surface area contributed by atoms with E-state index in [1.165, 1.54) is 78.6 Å². The van der Waals surface area contributed by atoms with Crippen molar-refractivity contribution < 1.29 is 15.1 Å². The molecule has 0 amide bonds. The third-order valence-electron chi connectivity index (χ3n) is 8.06. The molecule has 0 radical (unpaired) electrons. The van der Waals surface area contributed by atoms with Gasteiger partial charge in [0.1, 0.15) is 0 Å². The van der Waals surface area contributed by atoms with Crippen molar-refractivity contribution in [2.75, 3.05) is 0 Å². The standard InChI is InChI=1S/C36H42N2S2.2ClH.Ru/c1-25-13-11-14-26(2)35(25)39-33-21-9-5-17-29(33)23-37-31-19-7-8-20-32(31)38-24-30-18-6-10-22-34(30)40-36-27(3)15-12-16-28(36)4;;;/h5-6,9-18,21-22,31-32,37-38H,7-8,19-20,23-24H2,1-4H3;2*1H;/q;;;+2/p-2.